The lowest BCUT2D eigenvalue weighted by Gasteiger charge is -2.23. The van der Waals surface area contributed by atoms with Crippen LogP contribution in [0.1, 0.15) is 39.7 Å². The molecule has 2 unspecified atom stereocenters. The standard InChI is InChI=1S/C17H27BrN2O/c1-12(21)14-7-8-20(11-14)16-6-5-13(9-15(16)18)10-19-17(2,3)4/h5-6,9,12,14,19,21H,7-8,10-11H2,1-4H3. The smallest absolute Gasteiger partial charge is 0.0557 e. The minimum Gasteiger partial charge on any atom is -0.393 e. The van der Waals surface area contributed by atoms with E-state index in [1.165, 1.54) is 11.3 Å². The molecule has 1 fully saturated rings. The molecule has 1 saturated heterocycles. The van der Waals surface area contributed by atoms with Gasteiger partial charge in [0, 0.05) is 35.6 Å². The van der Waals surface area contributed by atoms with Crippen LogP contribution in [-0.2, 0) is 6.54 Å². The number of anilines is 1. The summed E-state index contributed by atoms with van der Waals surface area (Å²) >= 11 is 3.70. The summed E-state index contributed by atoms with van der Waals surface area (Å²) in [5, 5.41) is 13.2. The second-order valence-electron chi connectivity index (χ2n) is 7.12. The fourth-order valence-corrected chi connectivity index (χ4v) is 3.36. The van der Waals surface area contributed by atoms with Crippen LogP contribution in [0.15, 0.2) is 22.7 Å². The first-order valence-corrected chi connectivity index (χ1v) is 8.52. The minimum atomic E-state index is -0.218. The summed E-state index contributed by atoms with van der Waals surface area (Å²) in [4.78, 5) is 2.36. The number of nitrogens with one attached hydrogen (secondary N) is 1. The Balaban J connectivity index is 2.03. The van der Waals surface area contributed by atoms with Gasteiger partial charge >= 0.3 is 0 Å². The van der Waals surface area contributed by atoms with E-state index in [1.807, 2.05) is 6.92 Å². The number of halogens is 1. The first-order chi connectivity index (χ1) is 9.76. The van der Waals surface area contributed by atoms with Crippen LogP contribution in [0.5, 0.6) is 0 Å². The highest BCUT2D eigenvalue weighted by atomic mass is 79.9. The Morgan fingerprint density at radius 1 is 1.43 bits per heavy atom. The van der Waals surface area contributed by atoms with Gasteiger partial charge in [-0.05, 0) is 67.7 Å². The number of benzene rings is 1. The van der Waals surface area contributed by atoms with Gasteiger partial charge in [-0.1, -0.05) is 6.07 Å². The van der Waals surface area contributed by atoms with Gasteiger partial charge < -0.3 is 15.3 Å². The average Bonchev–Trinajstić information content (AvgIpc) is 2.85. The summed E-state index contributed by atoms with van der Waals surface area (Å²) < 4.78 is 1.14. The van der Waals surface area contributed by atoms with E-state index in [1.54, 1.807) is 0 Å². The molecule has 1 aromatic rings. The van der Waals surface area contributed by atoms with E-state index >= 15 is 0 Å². The van der Waals surface area contributed by atoms with E-state index in [9.17, 15) is 5.11 Å². The minimum absolute atomic E-state index is 0.130. The van der Waals surface area contributed by atoms with Crippen LogP contribution in [0.4, 0.5) is 5.69 Å². The fraction of sp³-hybridized carbons (Fsp3) is 0.647. The van der Waals surface area contributed by atoms with Crippen LogP contribution in [-0.4, -0.2) is 29.8 Å². The molecule has 0 spiro atoms. The second kappa shape index (κ2) is 6.67. The van der Waals surface area contributed by atoms with E-state index in [4.69, 9.17) is 0 Å². The number of hydrogen-bond donors (Lipinski definition) is 2. The van der Waals surface area contributed by atoms with Crippen molar-refractivity contribution in [1.29, 1.82) is 0 Å². The normalized spacial score (nSPS) is 20.9. The summed E-state index contributed by atoms with van der Waals surface area (Å²) in [6.07, 6.45) is 0.848. The Morgan fingerprint density at radius 2 is 2.14 bits per heavy atom. The third kappa shape index (κ3) is 4.70. The van der Waals surface area contributed by atoms with Crippen molar-refractivity contribution >= 4 is 21.6 Å². The average molecular weight is 355 g/mol. The quantitative estimate of drug-likeness (QED) is 0.867. The number of hydrogen-bond acceptors (Lipinski definition) is 3. The maximum Gasteiger partial charge on any atom is 0.0557 e. The highest BCUT2D eigenvalue weighted by Gasteiger charge is 2.27. The van der Waals surface area contributed by atoms with Crippen molar-refractivity contribution in [2.24, 2.45) is 5.92 Å². The molecule has 118 valence electrons. The summed E-state index contributed by atoms with van der Waals surface area (Å²) in [6, 6.07) is 6.58. The van der Waals surface area contributed by atoms with Gasteiger partial charge in [0.05, 0.1) is 11.8 Å². The van der Waals surface area contributed by atoms with Crippen molar-refractivity contribution < 1.29 is 5.11 Å². The Morgan fingerprint density at radius 3 is 2.67 bits per heavy atom. The predicted octanol–water partition coefficient (Wildman–Crippen LogP) is 3.54. The second-order valence-corrected chi connectivity index (χ2v) is 7.98. The summed E-state index contributed by atoms with van der Waals surface area (Å²) in [7, 11) is 0. The number of aliphatic hydroxyl groups excluding tert-OH is 1. The molecule has 2 N–H and O–H groups in total. The predicted molar refractivity (Wildman–Crippen MR) is 92.7 cm³/mol. The third-order valence-corrected chi connectivity index (χ3v) is 4.72. The molecule has 0 radical (unpaired) electrons. The van der Waals surface area contributed by atoms with Crippen molar-refractivity contribution in [1.82, 2.24) is 5.32 Å². The molecule has 0 saturated carbocycles. The summed E-state index contributed by atoms with van der Waals surface area (Å²) in [6.45, 7) is 11.3. The van der Waals surface area contributed by atoms with E-state index in [2.05, 4.69) is 65.1 Å². The third-order valence-electron chi connectivity index (χ3n) is 4.08. The molecule has 0 aliphatic carbocycles. The zero-order valence-electron chi connectivity index (χ0n) is 13.5. The van der Waals surface area contributed by atoms with E-state index in [0.29, 0.717) is 5.92 Å². The fourth-order valence-electron chi connectivity index (χ4n) is 2.68. The highest BCUT2D eigenvalue weighted by Crippen LogP contribution is 2.32. The molecule has 1 aliphatic heterocycles. The maximum absolute atomic E-state index is 9.73. The van der Waals surface area contributed by atoms with Crippen LogP contribution in [0.3, 0.4) is 0 Å². The number of nitrogens with zero attached hydrogens (tertiary/aromatic N) is 1. The van der Waals surface area contributed by atoms with Crippen LogP contribution in [0.25, 0.3) is 0 Å². The zero-order valence-corrected chi connectivity index (χ0v) is 15.1. The van der Waals surface area contributed by atoms with Crippen molar-refractivity contribution in [3.8, 4) is 0 Å². The molecule has 0 bridgehead atoms. The molecule has 2 rings (SSSR count). The van der Waals surface area contributed by atoms with Crippen molar-refractivity contribution in [3.63, 3.8) is 0 Å². The molecular formula is C17H27BrN2O. The molecule has 0 amide bonds. The summed E-state index contributed by atoms with van der Waals surface area (Å²) in [5.74, 6) is 0.388. The van der Waals surface area contributed by atoms with Gasteiger partial charge in [0.25, 0.3) is 0 Å². The van der Waals surface area contributed by atoms with Gasteiger partial charge in [-0.15, -0.1) is 0 Å². The molecule has 1 heterocycles. The van der Waals surface area contributed by atoms with Crippen molar-refractivity contribution in [2.45, 2.75) is 52.3 Å². The highest BCUT2D eigenvalue weighted by molar-refractivity contribution is 9.10. The largest absolute Gasteiger partial charge is 0.393 e. The van der Waals surface area contributed by atoms with E-state index in [-0.39, 0.29) is 11.6 Å². The van der Waals surface area contributed by atoms with Crippen LogP contribution < -0.4 is 10.2 Å². The van der Waals surface area contributed by atoms with Crippen LogP contribution in [0, 0.1) is 5.92 Å². The van der Waals surface area contributed by atoms with Crippen molar-refractivity contribution in [3.05, 3.63) is 28.2 Å². The Bertz CT molecular complexity index is 482. The number of rotatable bonds is 4. The van der Waals surface area contributed by atoms with E-state index in [0.717, 1.165) is 30.5 Å². The Labute approximate surface area is 136 Å². The molecule has 1 aliphatic rings. The molecule has 0 aromatic heterocycles. The lowest BCUT2D eigenvalue weighted by atomic mass is 10.0. The molecule has 21 heavy (non-hydrogen) atoms. The van der Waals surface area contributed by atoms with Crippen LogP contribution >= 0.6 is 15.9 Å². The monoisotopic (exact) mass is 354 g/mol. The lowest BCUT2D eigenvalue weighted by Crippen LogP contribution is -2.35. The van der Waals surface area contributed by atoms with E-state index < -0.39 is 0 Å². The van der Waals surface area contributed by atoms with Crippen LogP contribution in [0.2, 0.25) is 0 Å². The topological polar surface area (TPSA) is 35.5 Å². The van der Waals surface area contributed by atoms with Gasteiger partial charge in [0.1, 0.15) is 0 Å². The SMILES string of the molecule is CC(O)C1CCN(c2ccc(CNC(C)(C)C)cc2Br)C1. The molecule has 2 atom stereocenters. The van der Waals surface area contributed by atoms with Gasteiger partial charge in [0.2, 0.25) is 0 Å². The van der Waals surface area contributed by atoms with Gasteiger partial charge in [-0.25, -0.2) is 0 Å². The molecule has 3 nitrogen and oxygen atoms in total. The molecular weight excluding hydrogens is 328 g/mol. The van der Waals surface area contributed by atoms with Gasteiger partial charge in [0.15, 0.2) is 0 Å². The van der Waals surface area contributed by atoms with Gasteiger partial charge in [-0.3, -0.25) is 0 Å². The maximum atomic E-state index is 9.73. The Hall–Kier alpha value is -0.580. The lowest BCUT2D eigenvalue weighted by molar-refractivity contribution is 0.136. The first kappa shape index (κ1) is 16.8. The molecule has 1 aromatic carbocycles. The summed E-state index contributed by atoms with van der Waals surface area (Å²) in [5.41, 5.74) is 2.65. The Kier molecular flexibility index (Phi) is 5.33. The number of aliphatic hydroxyl groups is 1. The first-order valence-electron chi connectivity index (χ1n) is 7.73. The van der Waals surface area contributed by atoms with Crippen molar-refractivity contribution in [2.75, 3.05) is 18.0 Å². The van der Waals surface area contributed by atoms with Gasteiger partial charge in [-0.2, -0.15) is 0 Å². The zero-order chi connectivity index (χ0) is 15.6. The molecule has 4 heteroatoms.